The lowest BCUT2D eigenvalue weighted by atomic mass is 10.1. The van der Waals surface area contributed by atoms with Gasteiger partial charge < -0.3 is 15.2 Å². The van der Waals surface area contributed by atoms with E-state index < -0.39 is 10.0 Å². The van der Waals surface area contributed by atoms with Gasteiger partial charge in [0, 0.05) is 13.2 Å². The van der Waals surface area contributed by atoms with E-state index in [4.69, 9.17) is 15.2 Å². The van der Waals surface area contributed by atoms with Crippen LogP contribution in [0.3, 0.4) is 0 Å². The maximum Gasteiger partial charge on any atom is 0.240 e. The van der Waals surface area contributed by atoms with Crippen LogP contribution in [0.2, 0.25) is 0 Å². The lowest BCUT2D eigenvalue weighted by Gasteiger charge is -2.15. The summed E-state index contributed by atoms with van der Waals surface area (Å²) in [7, 11) is -2.05. The molecule has 0 saturated heterocycles. The van der Waals surface area contributed by atoms with Crippen LogP contribution in [0.15, 0.2) is 23.1 Å². The molecule has 1 aromatic rings. The summed E-state index contributed by atoms with van der Waals surface area (Å²) in [5.41, 5.74) is 6.20. The van der Waals surface area contributed by atoms with E-state index in [1.807, 2.05) is 13.8 Å². The van der Waals surface area contributed by atoms with Gasteiger partial charge in [-0.05, 0) is 50.6 Å². The third-order valence-electron chi connectivity index (χ3n) is 2.98. The van der Waals surface area contributed by atoms with Crippen LogP contribution in [0.1, 0.15) is 19.4 Å². The second kappa shape index (κ2) is 8.33. The summed E-state index contributed by atoms with van der Waals surface area (Å²) in [5.74, 6) is 0.611. The van der Waals surface area contributed by atoms with Gasteiger partial charge in [-0.2, -0.15) is 0 Å². The molecule has 0 aliphatic rings. The average Bonchev–Trinajstić information content (AvgIpc) is 2.45. The Hall–Kier alpha value is -1.15. The standard InChI is InChI=1S/C14H24N2O4S/c1-4-20-11(2)10-16-21(17,18)14-6-5-13(19-3)9-12(14)7-8-15/h5-6,9,11,16H,4,7-8,10,15H2,1-3H3. The van der Waals surface area contributed by atoms with Gasteiger partial charge in [-0.3, -0.25) is 0 Å². The van der Waals surface area contributed by atoms with E-state index in [-0.39, 0.29) is 17.5 Å². The van der Waals surface area contributed by atoms with Crippen molar-refractivity contribution in [2.45, 2.75) is 31.3 Å². The summed E-state index contributed by atoms with van der Waals surface area (Å²) in [6.45, 7) is 4.83. The normalized spacial score (nSPS) is 13.1. The summed E-state index contributed by atoms with van der Waals surface area (Å²) < 4.78 is 37.8. The third kappa shape index (κ3) is 5.28. The maximum absolute atomic E-state index is 12.4. The first kappa shape index (κ1) is 17.9. The topological polar surface area (TPSA) is 90.6 Å². The van der Waals surface area contributed by atoms with Crippen molar-refractivity contribution >= 4 is 10.0 Å². The number of hydrogen-bond acceptors (Lipinski definition) is 5. The molecule has 0 aliphatic carbocycles. The minimum absolute atomic E-state index is 0.180. The van der Waals surface area contributed by atoms with Crippen LogP contribution in [0.5, 0.6) is 5.75 Å². The highest BCUT2D eigenvalue weighted by molar-refractivity contribution is 7.89. The summed E-state index contributed by atoms with van der Waals surface area (Å²) in [6, 6.07) is 4.87. The Morgan fingerprint density at radius 2 is 2.10 bits per heavy atom. The molecule has 0 amide bonds. The molecule has 0 fully saturated rings. The van der Waals surface area contributed by atoms with E-state index in [2.05, 4.69) is 4.72 Å². The number of sulfonamides is 1. The first-order valence-corrected chi connectivity index (χ1v) is 8.41. The molecule has 0 saturated carbocycles. The summed E-state index contributed by atoms with van der Waals surface area (Å²) in [6.07, 6.45) is 0.287. The molecule has 0 bridgehead atoms. The van der Waals surface area contributed by atoms with E-state index in [0.717, 1.165) is 0 Å². The lowest BCUT2D eigenvalue weighted by molar-refractivity contribution is 0.0799. The molecule has 0 heterocycles. The maximum atomic E-state index is 12.4. The first-order chi connectivity index (χ1) is 9.94. The van der Waals surface area contributed by atoms with Gasteiger partial charge >= 0.3 is 0 Å². The summed E-state index contributed by atoms with van der Waals surface area (Å²) in [5, 5.41) is 0. The fourth-order valence-corrected chi connectivity index (χ4v) is 3.31. The van der Waals surface area contributed by atoms with Crippen LogP contribution in [0.25, 0.3) is 0 Å². The second-order valence-corrected chi connectivity index (χ2v) is 6.37. The van der Waals surface area contributed by atoms with E-state index in [1.165, 1.54) is 13.2 Å². The third-order valence-corrected chi connectivity index (χ3v) is 4.51. The molecule has 7 heteroatoms. The number of nitrogens with two attached hydrogens (primary N) is 1. The molecule has 1 rings (SSSR count). The van der Waals surface area contributed by atoms with Gasteiger partial charge in [0.1, 0.15) is 5.75 Å². The Labute approximate surface area is 126 Å². The van der Waals surface area contributed by atoms with Gasteiger partial charge in [-0.25, -0.2) is 13.1 Å². The highest BCUT2D eigenvalue weighted by Crippen LogP contribution is 2.22. The van der Waals surface area contributed by atoms with Gasteiger partial charge in [0.25, 0.3) is 0 Å². The number of hydrogen-bond donors (Lipinski definition) is 2. The molecule has 1 unspecified atom stereocenters. The Morgan fingerprint density at radius 3 is 2.67 bits per heavy atom. The molecule has 1 aromatic carbocycles. The van der Waals surface area contributed by atoms with Crippen molar-refractivity contribution in [2.24, 2.45) is 5.73 Å². The molecular weight excluding hydrogens is 292 g/mol. The smallest absolute Gasteiger partial charge is 0.240 e. The number of ether oxygens (including phenoxy) is 2. The molecule has 0 aliphatic heterocycles. The van der Waals surface area contributed by atoms with Crippen molar-refractivity contribution in [1.82, 2.24) is 4.72 Å². The fraction of sp³-hybridized carbons (Fsp3) is 0.571. The zero-order valence-corrected chi connectivity index (χ0v) is 13.6. The number of methoxy groups -OCH3 is 1. The monoisotopic (exact) mass is 316 g/mol. The Balaban J connectivity index is 2.96. The molecule has 120 valence electrons. The van der Waals surface area contributed by atoms with Crippen LogP contribution < -0.4 is 15.2 Å². The molecule has 0 aromatic heterocycles. The summed E-state index contributed by atoms with van der Waals surface area (Å²) >= 11 is 0. The Bertz CT molecular complexity index is 546. The van der Waals surface area contributed by atoms with E-state index in [1.54, 1.807) is 12.1 Å². The van der Waals surface area contributed by atoms with Crippen LogP contribution in [0.4, 0.5) is 0 Å². The van der Waals surface area contributed by atoms with Crippen LogP contribution in [-0.4, -0.2) is 41.3 Å². The lowest BCUT2D eigenvalue weighted by Crippen LogP contribution is -2.32. The molecular formula is C14H24N2O4S. The van der Waals surface area contributed by atoms with Gasteiger partial charge in [0.05, 0.1) is 18.1 Å². The fourth-order valence-electron chi connectivity index (χ4n) is 1.94. The van der Waals surface area contributed by atoms with Gasteiger partial charge in [-0.1, -0.05) is 0 Å². The number of rotatable bonds is 9. The van der Waals surface area contributed by atoms with Crippen molar-refractivity contribution < 1.29 is 17.9 Å². The zero-order valence-electron chi connectivity index (χ0n) is 12.8. The Morgan fingerprint density at radius 1 is 1.38 bits per heavy atom. The van der Waals surface area contributed by atoms with Gasteiger partial charge in [0.15, 0.2) is 0 Å². The first-order valence-electron chi connectivity index (χ1n) is 6.92. The van der Waals surface area contributed by atoms with Crippen molar-refractivity contribution in [3.63, 3.8) is 0 Å². The quantitative estimate of drug-likeness (QED) is 0.706. The molecule has 0 radical (unpaired) electrons. The van der Waals surface area contributed by atoms with Gasteiger partial charge in [-0.15, -0.1) is 0 Å². The van der Waals surface area contributed by atoms with Crippen molar-refractivity contribution in [2.75, 3.05) is 26.8 Å². The minimum Gasteiger partial charge on any atom is -0.497 e. The van der Waals surface area contributed by atoms with E-state index in [0.29, 0.717) is 30.9 Å². The van der Waals surface area contributed by atoms with Crippen molar-refractivity contribution in [1.29, 1.82) is 0 Å². The SMILES string of the molecule is CCOC(C)CNS(=O)(=O)c1ccc(OC)cc1CCN. The molecule has 6 nitrogen and oxygen atoms in total. The predicted octanol–water partition coefficient (Wildman–Crippen LogP) is 0.900. The molecule has 21 heavy (non-hydrogen) atoms. The number of nitrogens with one attached hydrogen (secondary N) is 1. The highest BCUT2D eigenvalue weighted by Gasteiger charge is 2.19. The predicted molar refractivity (Wildman–Crippen MR) is 82.0 cm³/mol. The van der Waals surface area contributed by atoms with Crippen LogP contribution in [0, 0.1) is 0 Å². The van der Waals surface area contributed by atoms with E-state index in [9.17, 15) is 8.42 Å². The average molecular weight is 316 g/mol. The van der Waals surface area contributed by atoms with Crippen molar-refractivity contribution in [3.8, 4) is 5.75 Å². The Kier molecular flexibility index (Phi) is 7.10. The molecule has 0 spiro atoms. The second-order valence-electron chi connectivity index (χ2n) is 4.63. The largest absolute Gasteiger partial charge is 0.497 e. The molecule has 1 atom stereocenters. The van der Waals surface area contributed by atoms with E-state index >= 15 is 0 Å². The van der Waals surface area contributed by atoms with Crippen molar-refractivity contribution in [3.05, 3.63) is 23.8 Å². The highest BCUT2D eigenvalue weighted by atomic mass is 32.2. The minimum atomic E-state index is -3.59. The zero-order chi connectivity index (χ0) is 15.9. The molecule has 3 N–H and O–H groups in total. The number of benzene rings is 1. The van der Waals surface area contributed by atoms with Crippen LogP contribution in [-0.2, 0) is 21.2 Å². The summed E-state index contributed by atoms with van der Waals surface area (Å²) in [4.78, 5) is 0.234. The van der Waals surface area contributed by atoms with Gasteiger partial charge in [0.2, 0.25) is 10.0 Å². The van der Waals surface area contributed by atoms with Crippen LogP contribution >= 0.6 is 0 Å².